The third-order valence-electron chi connectivity index (χ3n) is 7.14. The molecule has 3 aliphatic heterocycles. The van der Waals surface area contributed by atoms with Gasteiger partial charge < -0.3 is 19.3 Å². The molecule has 0 unspecified atom stereocenters. The van der Waals surface area contributed by atoms with Gasteiger partial charge in [0.1, 0.15) is 17.7 Å². The molecule has 37 heavy (non-hydrogen) atoms. The van der Waals surface area contributed by atoms with E-state index in [9.17, 15) is 4.79 Å². The maximum Gasteiger partial charge on any atom is 0.410 e. The summed E-state index contributed by atoms with van der Waals surface area (Å²) in [6.07, 6.45) is 6.45. The number of fused-ring (bicyclic) bond motifs is 2. The minimum absolute atomic E-state index is 0.172. The molecule has 0 atom stereocenters. The van der Waals surface area contributed by atoms with E-state index in [1.807, 2.05) is 32.9 Å². The number of nitriles is 1. The fourth-order valence-corrected chi connectivity index (χ4v) is 5.81. The van der Waals surface area contributed by atoms with Crippen LogP contribution in [0.25, 0.3) is 11.0 Å². The molecule has 3 aliphatic rings. The Bertz CT molecular complexity index is 1140. The minimum atomic E-state index is -0.493. The molecule has 200 valence electrons. The van der Waals surface area contributed by atoms with E-state index in [2.05, 4.69) is 30.7 Å². The maximum absolute atomic E-state index is 12.5. The van der Waals surface area contributed by atoms with E-state index in [1.54, 1.807) is 17.2 Å². The number of nitrogens with zero attached hydrogens (tertiary/aromatic N) is 6. The van der Waals surface area contributed by atoms with Gasteiger partial charge in [0.05, 0.1) is 22.8 Å². The predicted molar refractivity (Wildman–Crippen MR) is 147 cm³/mol. The van der Waals surface area contributed by atoms with Crippen LogP contribution in [0.2, 0.25) is 0 Å². The first-order chi connectivity index (χ1) is 17.6. The van der Waals surface area contributed by atoms with Gasteiger partial charge in [-0.15, -0.1) is 0 Å². The number of hydrogen-bond donors (Lipinski definition) is 0. The highest BCUT2D eigenvalue weighted by atomic mass is 79.9. The average molecular weight is 574 g/mol. The average Bonchev–Trinajstić information content (AvgIpc) is 3.42. The molecule has 2 aromatic rings. The molecule has 2 aromatic heterocycles. The lowest BCUT2D eigenvalue weighted by Gasteiger charge is -2.37. The molecule has 1 amide bonds. The van der Waals surface area contributed by atoms with Gasteiger partial charge in [-0.3, -0.25) is 9.88 Å². The highest BCUT2D eigenvalue weighted by Crippen LogP contribution is 2.39. The SMILES string of the molecule is CC#N.CC(C)(C)OC(=O)N1CCN(c2cc(OCC34CCCN3CCC4)nc3cc(Br)cnc23)CC1. The number of halogens is 1. The van der Waals surface area contributed by atoms with Gasteiger partial charge in [0, 0.05) is 49.8 Å². The third kappa shape index (κ3) is 6.44. The van der Waals surface area contributed by atoms with Crippen molar-refractivity contribution in [3.8, 4) is 11.9 Å². The van der Waals surface area contributed by atoms with E-state index in [1.165, 1.54) is 45.7 Å². The number of anilines is 1. The standard InChI is InChI=1S/C25H34BrN5O3.C2H3N/c1-24(2,3)34-23(32)30-12-10-29(11-13-30)20-15-21(28-19-14-18(26)16-27-22(19)20)33-17-25-6-4-8-31(25)9-5-7-25;1-2-3/h14-16H,4-13,17H2,1-3H3;1H3. The van der Waals surface area contributed by atoms with Crippen LogP contribution < -0.4 is 9.64 Å². The minimum Gasteiger partial charge on any atom is -0.476 e. The first-order valence-corrected chi connectivity index (χ1v) is 13.8. The van der Waals surface area contributed by atoms with Crippen molar-refractivity contribution < 1.29 is 14.3 Å². The van der Waals surface area contributed by atoms with E-state index in [0.29, 0.717) is 38.7 Å². The highest BCUT2D eigenvalue weighted by molar-refractivity contribution is 9.10. The van der Waals surface area contributed by atoms with Crippen LogP contribution in [0, 0.1) is 11.3 Å². The summed E-state index contributed by atoms with van der Waals surface area (Å²) in [7, 11) is 0. The van der Waals surface area contributed by atoms with Gasteiger partial charge in [0.25, 0.3) is 0 Å². The smallest absolute Gasteiger partial charge is 0.410 e. The summed E-state index contributed by atoms with van der Waals surface area (Å²) in [5.74, 6) is 0.644. The molecule has 10 heteroatoms. The van der Waals surface area contributed by atoms with E-state index < -0.39 is 5.60 Å². The van der Waals surface area contributed by atoms with E-state index in [4.69, 9.17) is 19.7 Å². The Kier molecular flexibility index (Phi) is 8.44. The van der Waals surface area contributed by atoms with Gasteiger partial charge in [0.2, 0.25) is 5.88 Å². The zero-order chi connectivity index (χ0) is 26.6. The van der Waals surface area contributed by atoms with Gasteiger partial charge in [0.15, 0.2) is 0 Å². The van der Waals surface area contributed by atoms with E-state index in [-0.39, 0.29) is 11.6 Å². The Labute approximate surface area is 227 Å². The molecule has 0 bridgehead atoms. The number of hydrogen-bond acceptors (Lipinski definition) is 8. The Morgan fingerprint density at radius 2 is 1.78 bits per heavy atom. The summed E-state index contributed by atoms with van der Waals surface area (Å²) in [4.78, 5) is 28.6. The van der Waals surface area contributed by atoms with Gasteiger partial charge in [-0.05, 0) is 81.5 Å². The van der Waals surface area contributed by atoms with Crippen LogP contribution in [0.4, 0.5) is 10.5 Å². The molecule has 0 aliphatic carbocycles. The van der Waals surface area contributed by atoms with E-state index in [0.717, 1.165) is 21.2 Å². The number of piperazine rings is 1. The first-order valence-electron chi connectivity index (χ1n) is 13.0. The third-order valence-corrected chi connectivity index (χ3v) is 7.57. The molecule has 0 saturated carbocycles. The number of aromatic nitrogens is 2. The Balaban J connectivity index is 0.00000102. The maximum atomic E-state index is 12.5. The molecular formula is C27H37BrN6O3. The van der Waals surface area contributed by atoms with Crippen molar-refractivity contribution in [1.82, 2.24) is 19.8 Å². The summed E-state index contributed by atoms with van der Waals surface area (Å²) in [6, 6.07) is 5.77. The van der Waals surface area contributed by atoms with Crippen molar-refractivity contribution in [2.75, 3.05) is 50.8 Å². The Hall–Kier alpha value is -2.64. The van der Waals surface area contributed by atoms with Crippen LogP contribution in [0.5, 0.6) is 5.88 Å². The molecule has 9 nitrogen and oxygen atoms in total. The Morgan fingerprint density at radius 1 is 1.14 bits per heavy atom. The van der Waals surface area contributed by atoms with Crippen molar-refractivity contribution >= 4 is 38.7 Å². The fraction of sp³-hybridized carbons (Fsp3) is 0.630. The molecule has 5 rings (SSSR count). The summed E-state index contributed by atoms with van der Waals surface area (Å²) in [5.41, 5.74) is 2.34. The molecule has 0 spiro atoms. The second-order valence-corrected chi connectivity index (χ2v) is 11.8. The van der Waals surface area contributed by atoms with Crippen LogP contribution in [0.3, 0.4) is 0 Å². The number of ether oxygens (including phenoxy) is 2. The zero-order valence-electron chi connectivity index (χ0n) is 22.3. The van der Waals surface area contributed by atoms with Gasteiger partial charge in [-0.2, -0.15) is 5.26 Å². The first kappa shape index (κ1) is 27.4. The number of carbonyl (C=O) groups excluding carboxylic acids is 1. The molecular weight excluding hydrogens is 536 g/mol. The van der Waals surface area contributed by atoms with Gasteiger partial charge in [-0.25, -0.2) is 9.78 Å². The molecule has 5 heterocycles. The largest absolute Gasteiger partial charge is 0.476 e. The highest BCUT2D eigenvalue weighted by Gasteiger charge is 2.45. The van der Waals surface area contributed by atoms with Crippen LogP contribution in [0.1, 0.15) is 53.4 Å². The van der Waals surface area contributed by atoms with Crippen LogP contribution in [0.15, 0.2) is 22.8 Å². The molecule has 0 N–H and O–H groups in total. The second-order valence-electron chi connectivity index (χ2n) is 10.9. The normalized spacial score (nSPS) is 19.1. The molecule has 0 radical (unpaired) electrons. The van der Waals surface area contributed by atoms with Crippen molar-refractivity contribution in [1.29, 1.82) is 5.26 Å². The fourth-order valence-electron chi connectivity index (χ4n) is 5.49. The summed E-state index contributed by atoms with van der Waals surface area (Å²) in [6.45, 7) is 12.8. The monoisotopic (exact) mass is 572 g/mol. The quantitative estimate of drug-likeness (QED) is 0.505. The number of amides is 1. The lowest BCUT2D eigenvalue weighted by atomic mass is 9.95. The Morgan fingerprint density at radius 3 is 2.41 bits per heavy atom. The molecule has 3 fully saturated rings. The lowest BCUT2D eigenvalue weighted by molar-refractivity contribution is 0.0240. The molecule has 3 saturated heterocycles. The lowest BCUT2D eigenvalue weighted by Crippen LogP contribution is -2.50. The van der Waals surface area contributed by atoms with Crippen LogP contribution >= 0.6 is 15.9 Å². The van der Waals surface area contributed by atoms with Gasteiger partial charge in [-0.1, -0.05) is 0 Å². The van der Waals surface area contributed by atoms with Crippen LogP contribution in [-0.4, -0.2) is 82.9 Å². The summed E-state index contributed by atoms with van der Waals surface area (Å²) >= 11 is 3.53. The predicted octanol–water partition coefficient (Wildman–Crippen LogP) is 4.99. The van der Waals surface area contributed by atoms with Crippen molar-refractivity contribution in [2.45, 2.75) is 64.5 Å². The van der Waals surface area contributed by atoms with Crippen molar-refractivity contribution in [3.63, 3.8) is 0 Å². The zero-order valence-corrected chi connectivity index (χ0v) is 23.9. The number of carbonyl (C=O) groups is 1. The molecule has 0 aromatic carbocycles. The van der Waals surface area contributed by atoms with Gasteiger partial charge >= 0.3 is 6.09 Å². The second kappa shape index (κ2) is 11.4. The van der Waals surface area contributed by atoms with Crippen molar-refractivity contribution in [3.05, 3.63) is 22.8 Å². The number of pyridine rings is 2. The summed E-state index contributed by atoms with van der Waals surface area (Å²) < 4.78 is 12.8. The topological polar surface area (TPSA) is 94.8 Å². The van der Waals surface area contributed by atoms with E-state index >= 15 is 0 Å². The number of rotatable bonds is 4. The summed E-state index contributed by atoms with van der Waals surface area (Å²) in [5, 5.41) is 7.32. The van der Waals surface area contributed by atoms with Crippen LogP contribution in [-0.2, 0) is 4.74 Å². The van der Waals surface area contributed by atoms with Crippen molar-refractivity contribution in [2.24, 2.45) is 0 Å².